The normalized spacial score (nSPS) is 16.9. The highest BCUT2D eigenvalue weighted by Gasteiger charge is 2.59. The van der Waals surface area contributed by atoms with Crippen molar-refractivity contribution in [3.8, 4) is 22.9 Å². The Morgan fingerprint density at radius 3 is 2.56 bits per heavy atom. The van der Waals surface area contributed by atoms with Crippen LogP contribution in [0.1, 0.15) is 68.9 Å². The van der Waals surface area contributed by atoms with Crippen LogP contribution in [0.3, 0.4) is 0 Å². The van der Waals surface area contributed by atoms with Gasteiger partial charge in [0.1, 0.15) is 16.9 Å². The Balaban J connectivity index is 1.64. The summed E-state index contributed by atoms with van der Waals surface area (Å²) in [4.78, 5) is 17.9. The highest BCUT2D eigenvalue weighted by Crippen LogP contribution is 2.51. The van der Waals surface area contributed by atoms with Gasteiger partial charge in [-0.05, 0) is 38.3 Å². The summed E-state index contributed by atoms with van der Waals surface area (Å²) < 4.78 is 64.2. The zero-order chi connectivity index (χ0) is 24.5. The lowest BCUT2D eigenvalue weighted by Crippen LogP contribution is -2.44. The number of nitrogens with one attached hydrogen (secondary N) is 1. The van der Waals surface area contributed by atoms with Gasteiger partial charge in [0.15, 0.2) is 17.7 Å². The number of ether oxygens (including phenoxy) is 2. The summed E-state index contributed by atoms with van der Waals surface area (Å²) in [6.45, 7) is 3.48. The Morgan fingerprint density at radius 1 is 1.24 bits per heavy atom. The van der Waals surface area contributed by atoms with Gasteiger partial charge in [-0.1, -0.05) is 31.3 Å². The molecule has 34 heavy (non-hydrogen) atoms. The summed E-state index contributed by atoms with van der Waals surface area (Å²) in [6, 6.07) is 4.86. The van der Waals surface area contributed by atoms with Gasteiger partial charge >= 0.3 is 11.9 Å². The molecular weight excluding hydrogens is 455 g/mol. The zero-order valence-corrected chi connectivity index (χ0v) is 19.1. The van der Waals surface area contributed by atoms with Crippen LogP contribution in [0.4, 0.5) is 13.2 Å². The van der Waals surface area contributed by atoms with Crippen molar-refractivity contribution in [1.29, 1.82) is 0 Å². The molecule has 1 unspecified atom stereocenters. The van der Waals surface area contributed by atoms with Crippen molar-refractivity contribution in [2.24, 2.45) is 0 Å². The van der Waals surface area contributed by atoms with Gasteiger partial charge in [-0.3, -0.25) is 9.51 Å². The number of hydrogen-bond donors (Lipinski definition) is 1. The van der Waals surface area contributed by atoms with E-state index in [-0.39, 0.29) is 30.3 Å². The number of aromatic amines is 1. The fourth-order valence-electron chi connectivity index (χ4n) is 4.46. The summed E-state index contributed by atoms with van der Waals surface area (Å²) in [5.74, 6) is 0.257. The lowest BCUT2D eigenvalue weighted by atomic mass is 9.73. The fourth-order valence-corrected chi connectivity index (χ4v) is 4.46. The highest BCUT2D eigenvalue weighted by molar-refractivity contribution is 5.65. The third kappa shape index (κ3) is 4.30. The van der Waals surface area contributed by atoms with Crippen molar-refractivity contribution < 1.29 is 31.6 Å². The van der Waals surface area contributed by atoms with E-state index in [0.29, 0.717) is 42.0 Å². The molecule has 11 heteroatoms. The Labute approximate surface area is 193 Å². The van der Waals surface area contributed by atoms with E-state index in [1.54, 1.807) is 25.1 Å². The fraction of sp³-hybridized carbons (Fsp3) is 0.522. The first kappa shape index (κ1) is 23.9. The van der Waals surface area contributed by atoms with Gasteiger partial charge < -0.3 is 13.9 Å². The van der Waals surface area contributed by atoms with Crippen LogP contribution in [0.2, 0.25) is 0 Å². The molecule has 1 aliphatic carbocycles. The largest absolute Gasteiger partial charge is 0.496 e. The highest BCUT2D eigenvalue weighted by atomic mass is 19.4. The van der Waals surface area contributed by atoms with E-state index in [1.165, 1.54) is 7.11 Å². The zero-order valence-electron chi connectivity index (χ0n) is 19.1. The number of hydrogen-bond acceptors (Lipinski definition) is 7. The first-order chi connectivity index (χ1) is 16.2. The molecule has 8 nitrogen and oxygen atoms in total. The van der Waals surface area contributed by atoms with Crippen molar-refractivity contribution in [2.75, 3.05) is 7.11 Å². The molecule has 1 saturated carbocycles. The molecular formula is C23H26F3N3O5. The summed E-state index contributed by atoms with van der Waals surface area (Å²) >= 11 is 0. The third-order valence-electron chi connectivity index (χ3n) is 6.30. The number of alkyl halides is 3. The molecule has 0 radical (unpaired) electrons. The van der Waals surface area contributed by atoms with Crippen LogP contribution in [0, 0.1) is 6.92 Å². The summed E-state index contributed by atoms with van der Waals surface area (Å²) in [5, 5.41) is 3.65. The van der Waals surface area contributed by atoms with Gasteiger partial charge in [0, 0.05) is 6.07 Å². The summed E-state index contributed by atoms with van der Waals surface area (Å²) in [7, 11) is 1.45. The second kappa shape index (κ2) is 9.19. The average Bonchev–Trinajstić information content (AvgIpc) is 3.42. The van der Waals surface area contributed by atoms with Crippen molar-refractivity contribution in [3.63, 3.8) is 0 Å². The van der Waals surface area contributed by atoms with Crippen LogP contribution in [-0.2, 0) is 5.41 Å². The maximum Gasteiger partial charge on any atom is 0.439 e. The molecule has 2 heterocycles. The molecule has 0 aliphatic heterocycles. The van der Waals surface area contributed by atoms with Crippen LogP contribution in [-0.4, -0.2) is 28.4 Å². The van der Waals surface area contributed by atoms with Gasteiger partial charge in [0.25, 0.3) is 0 Å². The maximum atomic E-state index is 14.1. The molecule has 1 aromatic carbocycles. The van der Waals surface area contributed by atoms with Gasteiger partial charge in [-0.25, -0.2) is 9.78 Å². The number of H-pyrrole nitrogens is 1. The second-order valence-corrected chi connectivity index (χ2v) is 8.43. The van der Waals surface area contributed by atoms with Gasteiger partial charge in [-0.15, -0.1) is 0 Å². The van der Waals surface area contributed by atoms with E-state index in [4.69, 9.17) is 13.9 Å². The predicted molar refractivity (Wildman–Crippen MR) is 115 cm³/mol. The molecule has 2 aromatic heterocycles. The van der Waals surface area contributed by atoms with E-state index in [1.807, 2.05) is 6.92 Å². The van der Waals surface area contributed by atoms with Crippen LogP contribution in [0.5, 0.6) is 11.5 Å². The molecule has 184 valence electrons. The summed E-state index contributed by atoms with van der Waals surface area (Å²) in [5.41, 5.74) is -1.21. The van der Waals surface area contributed by atoms with E-state index >= 15 is 0 Å². The van der Waals surface area contributed by atoms with E-state index in [9.17, 15) is 18.0 Å². The van der Waals surface area contributed by atoms with E-state index in [2.05, 4.69) is 19.6 Å². The molecule has 1 N–H and O–H groups in total. The number of benzene rings is 1. The molecule has 0 bridgehead atoms. The first-order valence-electron chi connectivity index (χ1n) is 11.1. The number of rotatable bonds is 7. The SMILES string of the molecule is CCC(Oc1ccc(-c2noc(=O)[nH]2)c(OC)c1)c1oc(C2(C(F)(F)F)CCCCC2)nc1C. The van der Waals surface area contributed by atoms with Crippen molar-refractivity contribution in [2.45, 2.75) is 70.1 Å². The number of nitrogens with zero attached hydrogens (tertiary/aromatic N) is 2. The lowest BCUT2D eigenvalue weighted by Gasteiger charge is -2.36. The van der Waals surface area contributed by atoms with Crippen LogP contribution >= 0.6 is 0 Å². The van der Waals surface area contributed by atoms with Gasteiger partial charge in [-0.2, -0.15) is 13.2 Å². The Kier molecular flexibility index (Phi) is 6.46. The average molecular weight is 481 g/mol. The van der Waals surface area contributed by atoms with Gasteiger partial charge in [0.2, 0.25) is 5.89 Å². The lowest BCUT2D eigenvalue weighted by molar-refractivity contribution is -0.206. The minimum atomic E-state index is -4.45. The monoisotopic (exact) mass is 481 g/mol. The van der Waals surface area contributed by atoms with Crippen LogP contribution in [0.25, 0.3) is 11.4 Å². The molecule has 0 spiro atoms. The smallest absolute Gasteiger partial charge is 0.439 e. The van der Waals surface area contributed by atoms with Crippen LogP contribution < -0.4 is 15.2 Å². The second-order valence-electron chi connectivity index (χ2n) is 8.43. The van der Waals surface area contributed by atoms with Crippen molar-refractivity contribution in [3.05, 3.63) is 46.1 Å². The van der Waals surface area contributed by atoms with Crippen molar-refractivity contribution >= 4 is 0 Å². The van der Waals surface area contributed by atoms with Crippen molar-refractivity contribution in [1.82, 2.24) is 15.1 Å². The number of aromatic nitrogens is 3. The standard InChI is InChI=1S/C23H26F3N3O5/c1-4-16(32-14-8-9-15(17(12-14)31-3)19-28-21(30)34-29-19)18-13(2)27-20(33-18)22(23(24,25)26)10-6-5-7-11-22/h8-9,12,16H,4-7,10-11H2,1-3H3,(H,28,29,30). The minimum Gasteiger partial charge on any atom is -0.496 e. The predicted octanol–water partition coefficient (Wildman–Crippen LogP) is 5.63. The quantitative estimate of drug-likeness (QED) is 0.466. The number of aryl methyl sites for hydroxylation is 1. The molecule has 1 fully saturated rings. The Morgan fingerprint density at radius 2 is 1.97 bits per heavy atom. The maximum absolute atomic E-state index is 14.1. The molecule has 0 amide bonds. The molecule has 0 saturated heterocycles. The summed E-state index contributed by atoms with van der Waals surface area (Å²) in [6.07, 6.45) is -3.00. The Bertz CT molecular complexity index is 1190. The van der Waals surface area contributed by atoms with Gasteiger partial charge in [0.05, 0.1) is 18.4 Å². The minimum absolute atomic E-state index is 0.0314. The molecule has 1 atom stereocenters. The van der Waals surface area contributed by atoms with E-state index in [0.717, 1.165) is 6.42 Å². The topological polar surface area (TPSA) is 103 Å². The van der Waals surface area contributed by atoms with Crippen LogP contribution in [0.15, 0.2) is 31.9 Å². The van der Waals surface area contributed by atoms with E-state index < -0.39 is 23.5 Å². The molecule has 3 aromatic rings. The molecule has 4 rings (SSSR count). The third-order valence-corrected chi connectivity index (χ3v) is 6.30. The Hall–Kier alpha value is -3.24. The number of methoxy groups -OCH3 is 1. The number of halogens is 3. The first-order valence-corrected chi connectivity index (χ1v) is 11.1. The molecule has 1 aliphatic rings. The number of oxazole rings is 1.